The van der Waals surface area contributed by atoms with Crippen molar-refractivity contribution in [2.24, 2.45) is 5.92 Å². The molecule has 0 bridgehead atoms. The van der Waals surface area contributed by atoms with Crippen molar-refractivity contribution in [1.29, 1.82) is 0 Å². The normalized spacial score (nSPS) is 21.6. The minimum Gasteiger partial charge on any atom is -0.375 e. The van der Waals surface area contributed by atoms with E-state index in [9.17, 15) is 0 Å². The van der Waals surface area contributed by atoms with Crippen LogP contribution in [0.4, 0.5) is 0 Å². The largest absolute Gasteiger partial charge is 0.375 e. The van der Waals surface area contributed by atoms with Crippen LogP contribution >= 0.6 is 11.8 Å². The number of likely N-dealkylation sites (N-methyl/N-ethyl adjacent to an activating group) is 1. The SMILES string of the molecule is CNC(c1cccc(CC(C)C)c1)C1CSCCO1. The monoisotopic (exact) mass is 279 g/mol. The van der Waals surface area contributed by atoms with Crippen LogP contribution in [0.3, 0.4) is 0 Å². The molecule has 1 aromatic rings. The van der Waals surface area contributed by atoms with Gasteiger partial charge in [-0.05, 0) is 30.5 Å². The van der Waals surface area contributed by atoms with E-state index in [2.05, 4.69) is 43.4 Å². The summed E-state index contributed by atoms with van der Waals surface area (Å²) in [6.45, 7) is 5.41. The lowest BCUT2D eigenvalue weighted by Gasteiger charge is -2.30. The van der Waals surface area contributed by atoms with Crippen molar-refractivity contribution >= 4 is 11.8 Å². The standard InChI is InChI=1S/C16H25NOS/c1-12(2)9-13-5-4-6-14(10-13)16(17-3)15-11-19-8-7-18-15/h4-6,10,12,15-17H,7-9,11H2,1-3H3. The molecule has 0 spiro atoms. The van der Waals surface area contributed by atoms with E-state index in [0.29, 0.717) is 12.0 Å². The Morgan fingerprint density at radius 1 is 1.42 bits per heavy atom. The van der Waals surface area contributed by atoms with Crippen molar-refractivity contribution in [3.8, 4) is 0 Å². The fraction of sp³-hybridized carbons (Fsp3) is 0.625. The Labute approximate surface area is 121 Å². The second-order valence-corrected chi connectivity index (χ2v) is 6.74. The van der Waals surface area contributed by atoms with Gasteiger partial charge in [0.05, 0.1) is 18.8 Å². The van der Waals surface area contributed by atoms with Crippen LogP contribution in [0.5, 0.6) is 0 Å². The Kier molecular flexibility index (Phi) is 5.74. The van der Waals surface area contributed by atoms with Crippen LogP contribution in [0.15, 0.2) is 24.3 Å². The number of rotatable bonds is 5. The third-order valence-corrected chi connectivity index (χ3v) is 4.50. The molecule has 0 aromatic heterocycles. The van der Waals surface area contributed by atoms with E-state index in [1.165, 1.54) is 11.1 Å². The van der Waals surface area contributed by atoms with Gasteiger partial charge in [-0.2, -0.15) is 11.8 Å². The maximum absolute atomic E-state index is 5.92. The van der Waals surface area contributed by atoms with Gasteiger partial charge >= 0.3 is 0 Å². The summed E-state index contributed by atoms with van der Waals surface area (Å²) in [5, 5.41) is 3.43. The van der Waals surface area contributed by atoms with Crippen molar-refractivity contribution in [3.63, 3.8) is 0 Å². The third-order valence-electron chi connectivity index (χ3n) is 3.48. The second-order valence-electron chi connectivity index (χ2n) is 5.59. The minimum atomic E-state index is 0.290. The molecule has 1 aliphatic rings. The molecule has 1 aliphatic heterocycles. The van der Waals surface area contributed by atoms with Gasteiger partial charge < -0.3 is 10.1 Å². The number of ether oxygens (including phenoxy) is 1. The van der Waals surface area contributed by atoms with Crippen LogP contribution < -0.4 is 5.32 Å². The molecule has 0 amide bonds. The van der Waals surface area contributed by atoms with Gasteiger partial charge in [0.25, 0.3) is 0 Å². The van der Waals surface area contributed by atoms with Crippen LogP contribution in [0.1, 0.15) is 31.0 Å². The van der Waals surface area contributed by atoms with Crippen LogP contribution in [-0.2, 0) is 11.2 Å². The number of hydrogen-bond acceptors (Lipinski definition) is 3. The summed E-state index contributed by atoms with van der Waals surface area (Å²) >= 11 is 1.99. The molecule has 1 N–H and O–H groups in total. The van der Waals surface area contributed by atoms with Crippen molar-refractivity contribution in [2.75, 3.05) is 25.2 Å². The van der Waals surface area contributed by atoms with Crippen LogP contribution in [-0.4, -0.2) is 31.3 Å². The molecule has 1 heterocycles. The van der Waals surface area contributed by atoms with E-state index in [-0.39, 0.29) is 6.10 Å². The van der Waals surface area contributed by atoms with Gasteiger partial charge in [-0.15, -0.1) is 0 Å². The Morgan fingerprint density at radius 3 is 2.89 bits per heavy atom. The van der Waals surface area contributed by atoms with Crippen molar-refractivity contribution in [2.45, 2.75) is 32.4 Å². The summed E-state index contributed by atoms with van der Waals surface area (Å²) in [7, 11) is 2.03. The predicted octanol–water partition coefficient (Wildman–Crippen LogP) is 3.28. The molecule has 106 valence electrons. The van der Waals surface area contributed by atoms with Gasteiger partial charge in [-0.1, -0.05) is 38.1 Å². The van der Waals surface area contributed by atoms with Gasteiger partial charge in [-0.25, -0.2) is 0 Å². The summed E-state index contributed by atoms with van der Waals surface area (Å²) in [6.07, 6.45) is 1.43. The average Bonchev–Trinajstić information content (AvgIpc) is 2.40. The number of thioether (sulfide) groups is 1. The first-order valence-electron chi connectivity index (χ1n) is 7.16. The molecule has 2 rings (SSSR count). The molecule has 1 saturated heterocycles. The molecular weight excluding hydrogens is 254 g/mol. The summed E-state index contributed by atoms with van der Waals surface area (Å²) in [5.41, 5.74) is 2.78. The first kappa shape index (κ1) is 14.9. The molecule has 1 fully saturated rings. The molecule has 19 heavy (non-hydrogen) atoms. The first-order chi connectivity index (χ1) is 9.20. The van der Waals surface area contributed by atoms with E-state index in [1.54, 1.807) is 0 Å². The van der Waals surface area contributed by atoms with E-state index >= 15 is 0 Å². The smallest absolute Gasteiger partial charge is 0.0860 e. The van der Waals surface area contributed by atoms with E-state index in [0.717, 1.165) is 24.5 Å². The average molecular weight is 279 g/mol. The van der Waals surface area contributed by atoms with Crippen LogP contribution in [0, 0.1) is 5.92 Å². The van der Waals surface area contributed by atoms with Gasteiger partial charge in [0.2, 0.25) is 0 Å². The zero-order valence-electron chi connectivity index (χ0n) is 12.2. The van der Waals surface area contributed by atoms with E-state index < -0.39 is 0 Å². The molecule has 2 atom stereocenters. The molecule has 0 aliphatic carbocycles. The highest BCUT2D eigenvalue weighted by molar-refractivity contribution is 7.99. The highest BCUT2D eigenvalue weighted by Gasteiger charge is 2.25. The Bertz CT molecular complexity index is 388. The molecule has 2 nitrogen and oxygen atoms in total. The lowest BCUT2D eigenvalue weighted by Crippen LogP contribution is -2.36. The maximum Gasteiger partial charge on any atom is 0.0860 e. The zero-order valence-corrected chi connectivity index (χ0v) is 13.0. The summed E-state index contributed by atoms with van der Waals surface area (Å²) in [6, 6.07) is 9.26. The lowest BCUT2D eigenvalue weighted by atomic mass is 9.96. The Morgan fingerprint density at radius 2 is 2.26 bits per heavy atom. The van der Waals surface area contributed by atoms with Crippen molar-refractivity contribution in [1.82, 2.24) is 5.32 Å². The fourth-order valence-electron chi connectivity index (χ4n) is 2.65. The summed E-state index contributed by atoms with van der Waals surface area (Å²) in [4.78, 5) is 0. The number of benzene rings is 1. The van der Waals surface area contributed by atoms with E-state index in [1.807, 2.05) is 18.8 Å². The Balaban J connectivity index is 2.12. The highest BCUT2D eigenvalue weighted by atomic mass is 32.2. The van der Waals surface area contributed by atoms with Gasteiger partial charge in [0.15, 0.2) is 0 Å². The van der Waals surface area contributed by atoms with Gasteiger partial charge in [0, 0.05) is 11.5 Å². The molecular formula is C16H25NOS. The highest BCUT2D eigenvalue weighted by Crippen LogP contribution is 2.26. The first-order valence-corrected chi connectivity index (χ1v) is 8.31. The summed E-state index contributed by atoms with van der Waals surface area (Å²) < 4.78 is 5.92. The number of hydrogen-bond donors (Lipinski definition) is 1. The minimum absolute atomic E-state index is 0.290. The predicted molar refractivity (Wildman–Crippen MR) is 83.8 cm³/mol. The van der Waals surface area contributed by atoms with Gasteiger partial charge in [0.1, 0.15) is 0 Å². The lowest BCUT2D eigenvalue weighted by molar-refractivity contribution is 0.0488. The second kappa shape index (κ2) is 7.32. The molecule has 0 radical (unpaired) electrons. The number of nitrogens with one attached hydrogen (secondary N) is 1. The molecule has 3 heteroatoms. The Hall–Kier alpha value is -0.510. The third kappa shape index (κ3) is 4.23. The van der Waals surface area contributed by atoms with Gasteiger partial charge in [-0.3, -0.25) is 0 Å². The molecule has 1 aromatic carbocycles. The topological polar surface area (TPSA) is 21.3 Å². The van der Waals surface area contributed by atoms with Crippen LogP contribution in [0.2, 0.25) is 0 Å². The van der Waals surface area contributed by atoms with Crippen molar-refractivity contribution in [3.05, 3.63) is 35.4 Å². The fourth-order valence-corrected chi connectivity index (χ4v) is 3.55. The summed E-state index contributed by atoms with van der Waals surface area (Å²) in [5.74, 6) is 2.91. The molecule has 0 saturated carbocycles. The quantitative estimate of drug-likeness (QED) is 0.894. The van der Waals surface area contributed by atoms with E-state index in [4.69, 9.17) is 4.74 Å². The van der Waals surface area contributed by atoms with Crippen molar-refractivity contribution < 1.29 is 4.74 Å². The molecule has 2 unspecified atom stereocenters. The maximum atomic E-state index is 5.92. The van der Waals surface area contributed by atoms with Crippen LogP contribution in [0.25, 0.3) is 0 Å². The zero-order chi connectivity index (χ0) is 13.7.